The predicted octanol–water partition coefficient (Wildman–Crippen LogP) is 2.76. The van der Waals surface area contributed by atoms with Gasteiger partial charge in [0, 0.05) is 12.6 Å². The lowest BCUT2D eigenvalue weighted by Crippen LogP contribution is -2.24. The summed E-state index contributed by atoms with van der Waals surface area (Å²) in [6, 6.07) is 5.01. The van der Waals surface area contributed by atoms with Gasteiger partial charge in [0.2, 0.25) is 0 Å². The molecule has 3 heteroatoms. The third-order valence-corrected chi connectivity index (χ3v) is 3.90. The van der Waals surface area contributed by atoms with Crippen LogP contribution in [0, 0.1) is 5.92 Å². The van der Waals surface area contributed by atoms with Crippen LogP contribution in [0.25, 0.3) is 0 Å². The van der Waals surface area contributed by atoms with Crippen molar-refractivity contribution in [3.63, 3.8) is 0 Å². The lowest BCUT2D eigenvalue weighted by Gasteiger charge is -2.18. The second-order valence-electron chi connectivity index (χ2n) is 5.79. The smallest absolute Gasteiger partial charge is 0.118 e. The molecule has 1 aromatic rings. The van der Waals surface area contributed by atoms with E-state index in [4.69, 9.17) is 4.42 Å². The Labute approximate surface area is 110 Å². The Kier molecular flexibility index (Phi) is 3.71. The highest BCUT2D eigenvalue weighted by Gasteiger charge is 2.24. The van der Waals surface area contributed by atoms with Gasteiger partial charge in [0.15, 0.2) is 0 Å². The number of nitrogens with zero attached hydrogens (tertiary/aromatic N) is 1. The van der Waals surface area contributed by atoms with Crippen LogP contribution in [0.15, 0.2) is 16.5 Å². The predicted molar refractivity (Wildman–Crippen MR) is 72.2 cm³/mol. The number of hydrogen-bond donors (Lipinski definition) is 1. The van der Waals surface area contributed by atoms with Crippen LogP contribution in [-0.4, -0.2) is 24.0 Å². The third-order valence-electron chi connectivity index (χ3n) is 3.90. The highest BCUT2D eigenvalue weighted by Crippen LogP contribution is 2.30. The molecule has 0 spiro atoms. The maximum Gasteiger partial charge on any atom is 0.118 e. The van der Waals surface area contributed by atoms with Crippen molar-refractivity contribution < 1.29 is 4.42 Å². The van der Waals surface area contributed by atoms with Gasteiger partial charge >= 0.3 is 0 Å². The first-order chi connectivity index (χ1) is 8.83. The van der Waals surface area contributed by atoms with Crippen molar-refractivity contribution in [1.29, 1.82) is 0 Å². The first-order valence-corrected chi connectivity index (χ1v) is 7.37. The van der Waals surface area contributed by atoms with Crippen LogP contribution >= 0.6 is 0 Å². The minimum absolute atomic E-state index is 0.751. The van der Waals surface area contributed by atoms with Gasteiger partial charge in [0.1, 0.15) is 11.5 Å². The van der Waals surface area contributed by atoms with E-state index in [1.165, 1.54) is 32.2 Å². The van der Waals surface area contributed by atoms with Gasteiger partial charge < -0.3 is 9.73 Å². The molecular weight excluding hydrogens is 224 g/mol. The minimum Gasteiger partial charge on any atom is -0.463 e. The molecule has 1 N–H and O–H groups in total. The van der Waals surface area contributed by atoms with Gasteiger partial charge in [-0.05, 0) is 50.3 Å². The van der Waals surface area contributed by atoms with Gasteiger partial charge in [-0.1, -0.05) is 6.92 Å². The van der Waals surface area contributed by atoms with Crippen molar-refractivity contribution in [2.45, 2.75) is 51.7 Å². The SMILES string of the molecule is CCN(Cc1ccc(CNC2CC2)o1)CC1CC1. The fraction of sp³-hybridized carbons (Fsp3) is 0.733. The fourth-order valence-electron chi connectivity index (χ4n) is 2.33. The summed E-state index contributed by atoms with van der Waals surface area (Å²) in [4.78, 5) is 2.49. The lowest BCUT2D eigenvalue weighted by molar-refractivity contribution is 0.243. The zero-order chi connectivity index (χ0) is 12.4. The van der Waals surface area contributed by atoms with Gasteiger partial charge in [0.05, 0.1) is 13.1 Å². The average molecular weight is 248 g/mol. The molecule has 0 radical (unpaired) electrons. The number of furan rings is 1. The first-order valence-electron chi connectivity index (χ1n) is 7.37. The maximum atomic E-state index is 5.89. The summed E-state index contributed by atoms with van der Waals surface area (Å²) >= 11 is 0. The van der Waals surface area contributed by atoms with Gasteiger partial charge in [-0.25, -0.2) is 0 Å². The summed E-state index contributed by atoms with van der Waals surface area (Å²) in [6.07, 6.45) is 5.51. The Balaban J connectivity index is 1.47. The van der Waals surface area contributed by atoms with Crippen molar-refractivity contribution >= 4 is 0 Å². The van der Waals surface area contributed by atoms with E-state index in [0.29, 0.717) is 0 Å². The molecule has 2 aliphatic carbocycles. The lowest BCUT2D eigenvalue weighted by atomic mass is 10.3. The molecule has 0 unspecified atom stereocenters. The zero-order valence-corrected chi connectivity index (χ0v) is 11.3. The van der Waals surface area contributed by atoms with E-state index in [9.17, 15) is 0 Å². The highest BCUT2D eigenvalue weighted by molar-refractivity contribution is 5.07. The Morgan fingerprint density at radius 1 is 1.22 bits per heavy atom. The molecule has 0 amide bonds. The summed E-state index contributed by atoms with van der Waals surface area (Å²) in [5.74, 6) is 3.15. The Hall–Kier alpha value is -0.800. The molecule has 2 aliphatic rings. The maximum absolute atomic E-state index is 5.89. The molecule has 0 bridgehead atoms. The van der Waals surface area contributed by atoms with Crippen LogP contribution in [0.5, 0.6) is 0 Å². The van der Waals surface area contributed by atoms with Crippen LogP contribution in [-0.2, 0) is 13.1 Å². The molecule has 100 valence electrons. The van der Waals surface area contributed by atoms with Crippen LogP contribution in [0.2, 0.25) is 0 Å². The summed E-state index contributed by atoms with van der Waals surface area (Å²) < 4.78 is 5.89. The van der Waals surface area contributed by atoms with Crippen molar-refractivity contribution in [3.8, 4) is 0 Å². The molecule has 0 saturated heterocycles. The topological polar surface area (TPSA) is 28.4 Å². The molecule has 2 saturated carbocycles. The van der Waals surface area contributed by atoms with Gasteiger partial charge in [0.25, 0.3) is 0 Å². The molecule has 0 aliphatic heterocycles. The van der Waals surface area contributed by atoms with Gasteiger partial charge in [-0.15, -0.1) is 0 Å². The molecule has 1 aromatic heterocycles. The number of rotatable bonds is 8. The van der Waals surface area contributed by atoms with Crippen LogP contribution < -0.4 is 5.32 Å². The normalized spacial score (nSPS) is 19.7. The van der Waals surface area contributed by atoms with Crippen LogP contribution in [0.3, 0.4) is 0 Å². The fourth-order valence-corrected chi connectivity index (χ4v) is 2.33. The van der Waals surface area contributed by atoms with E-state index in [2.05, 4.69) is 29.3 Å². The van der Waals surface area contributed by atoms with Gasteiger partial charge in [-0.3, -0.25) is 4.90 Å². The van der Waals surface area contributed by atoms with E-state index >= 15 is 0 Å². The van der Waals surface area contributed by atoms with E-state index in [1.807, 2.05) is 0 Å². The number of nitrogens with one attached hydrogen (secondary N) is 1. The Bertz CT molecular complexity index is 380. The summed E-state index contributed by atoms with van der Waals surface area (Å²) in [6.45, 7) is 6.45. The second kappa shape index (κ2) is 5.45. The summed E-state index contributed by atoms with van der Waals surface area (Å²) in [7, 11) is 0. The molecule has 1 heterocycles. The quantitative estimate of drug-likeness (QED) is 0.767. The van der Waals surface area contributed by atoms with E-state index < -0.39 is 0 Å². The highest BCUT2D eigenvalue weighted by atomic mass is 16.3. The zero-order valence-electron chi connectivity index (χ0n) is 11.3. The van der Waals surface area contributed by atoms with Crippen LogP contribution in [0.4, 0.5) is 0 Å². The average Bonchev–Trinajstić information content (AvgIpc) is 3.28. The molecular formula is C15H24N2O. The summed E-state index contributed by atoms with van der Waals surface area (Å²) in [5, 5.41) is 3.49. The summed E-state index contributed by atoms with van der Waals surface area (Å²) in [5.41, 5.74) is 0. The Morgan fingerprint density at radius 3 is 2.67 bits per heavy atom. The standard InChI is InChI=1S/C15H24N2O/c1-2-17(10-12-3-4-12)11-15-8-7-14(18-15)9-16-13-5-6-13/h7-8,12-13,16H,2-6,9-11H2,1H3. The molecule has 0 atom stereocenters. The van der Waals surface area contributed by atoms with E-state index in [-0.39, 0.29) is 0 Å². The number of hydrogen-bond acceptors (Lipinski definition) is 3. The van der Waals surface area contributed by atoms with Crippen molar-refractivity contribution in [1.82, 2.24) is 10.2 Å². The molecule has 2 fully saturated rings. The monoisotopic (exact) mass is 248 g/mol. The minimum atomic E-state index is 0.751. The molecule has 3 rings (SSSR count). The Morgan fingerprint density at radius 2 is 2.00 bits per heavy atom. The van der Waals surface area contributed by atoms with Crippen molar-refractivity contribution in [2.75, 3.05) is 13.1 Å². The van der Waals surface area contributed by atoms with Crippen molar-refractivity contribution in [2.24, 2.45) is 5.92 Å². The second-order valence-corrected chi connectivity index (χ2v) is 5.79. The van der Waals surface area contributed by atoms with E-state index in [1.54, 1.807) is 0 Å². The third kappa shape index (κ3) is 3.59. The first kappa shape index (κ1) is 12.2. The van der Waals surface area contributed by atoms with Crippen molar-refractivity contribution in [3.05, 3.63) is 23.7 Å². The molecule has 18 heavy (non-hydrogen) atoms. The largest absolute Gasteiger partial charge is 0.463 e. The van der Waals surface area contributed by atoms with E-state index in [0.717, 1.165) is 43.1 Å². The molecule has 3 nitrogen and oxygen atoms in total. The van der Waals surface area contributed by atoms with Gasteiger partial charge in [-0.2, -0.15) is 0 Å². The van der Waals surface area contributed by atoms with Crippen LogP contribution in [0.1, 0.15) is 44.1 Å². The molecule has 0 aromatic carbocycles.